The molecule has 20 heavy (non-hydrogen) atoms. The third-order valence-corrected chi connectivity index (χ3v) is 4.07. The van der Waals surface area contributed by atoms with Crippen LogP contribution in [0.15, 0.2) is 36.4 Å². The lowest BCUT2D eigenvalue weighted by atomic mass is 9.96. The van der Waals surface area contributed by atoms with Crippen molar-refractivity contribution in [3.63, 3.8) is 0 Å². The molecule has 1 atom stereocenters. The smallest absolute Gasteiger partial charge is 0.0515 e. The van der Waals surface area contributed by atoms with Crippen LogP contribution in [0.3, 0.4) is 0 Å². The summed E-state index contributed by atoms with van der Waals surface area (Å²) in [7, 11) is 0. The van der Waals surface area contributed by atoms with Crippen molar-refractivity contribution in [3.05, 3.63) is 69.2 Å². The Kier molecular flexibility index (Phi) is 4.81. The maximum atomic E-state index is 6.33. The molecule has 2 aromatic rings. The van der Waals surface area contributed by atoms with E-state index in [0.29, 0.717) is 0 Å². The molecule has 0 heterocycles. The predicted octanol–water partition coefficient (Wildman–Crippen LogP) is 4.01. The van der Waals surface area contributed by atoms with Crippen LogP contribution in [0.4, 0.5) is 0 Å². The fraction of sp³-hybridized carbons (Fsp3) is 0.294. The van der Waals surface area contributed by atoms with Crippen LogP contribution in [0.1, 0.15) is 33.9 Å². The van der Waals surface area contributed by atoms with E-state index in [2.05, 4.69) is 43.5 Å². The van der Waals surface area contributed by atoms with Crippen LogP contribution in [0.25, 0.3) is 0 Å². The van der Waals surface area contributed by atoms with Crippen LogP contribution in [0, 0.1) is 20.8 Å². The van der Waals surface area contributed by atoms with Crippen LogP contribution in [-0.2, 0) is 6.42 Å². The summed E-state index contributed by atoms with van der Waals surface area (Å²) < 4.78 is 0. The molecular weight excluding hydrogens is 268 g/mol. The average molecular weight is 289 g/mol. The van der Waals surface area contributed by atoms with Crippen LogP contribution in [-0.4, -0.2) is 0 Å². The minimum absolute atomic E-state index is 0.0187. The van der Waals surface area contributed by atoms with Crippen molar-refractivity contribution in [1.82, 2.24) is 5.43 Å². The van der Waals surface area contributed by atoms with Crippen LogP contribution in [0.2, 0.25) is 5.02 Å². The third-order valence-electron chi connectivity index (χ3n) is 3.74. The highest BCUT2D eigenvalue weighted by Crippen LogP contribution is 2.26. The molecular formula is C17H21ClN2. The summed E-state index contributed by atoms with van der Waals surface area (Å²) in [5, 5.41) is 0.761. The molecule has 2 rings (SSSR count). The van der Waals surface area contributed by atoms with Crippen molar-refractivity contribution in [2.24, 2.45) is 5.84 Å². The zero-order chi connectivity index (χ0) is 14.7. The molecule has 0 aliphatic carbocycles. The molecule has 1 unspecified atom stereocenters. The highest BCUT2D eigenvalue weighted by molar-refractivity contribution is 6.31. The molecule has 0 aliphatic heterocycles. The molecule has 3 heteroatoms. The predicted molar refractivity (Wildman–Crippen MR) is 85.9 cm³/mol. The van der Waals surface area contributed by atoms with Crippen LogP contribution >= 0.6 is 11.6 Å². The Labute approximate surface area is 125 Å². The van der Waals surface area contributed by atoms with Gasteiger partial charge in [0.05, 0.1) is 6.04 Å². The van der Waals surface area contributed by atoms with E-state index in [4.69, 9.17) is 17.4 Å². The molecule has 3 N–H and O–H groups in total. The van der Waals surface area contributed by atoms with Gasteiger partial charge >= 0.3 is 0 Å². The fourth-order valence-electron chi connectivity index (χ4n) is 2.34. The lowest BCUT2D eigenvalue weighted by molar-refractivity contribution is 0.552. The van der Waals surface area contributed by atoms with Gasteiger partial charge in [-0.25, -0.2) is 0 Å². The van der Waals surface area contributed by atoms with E-state index < -0.39 is 0 Å². The van der Waals surface area contributed by atoms with Crippen molar-refractivity contribution in [3.8, 4) is 0 Å². The van der Waals surface area contributed by atoms with Gasteiger partial charge in [-0.1, -0.05) is 41.9 Å². The summed E-state index contributed by atoms with van der Waals surface area (Å²) in [4.78, 5) is 0. The summed E-state index contributed by atoms with van der Waals surface area (Å²) in [5.41, 5.74) is 8.93. The Morgan fingerprint density at radius 1 is 1.05 bits per heavy atom. The molecule has 0 aliphatic rings. The number of hydrogen-bond acceptors (Lipinski definition) is 2. The van der Waals surface area contributed by atoms with Gasteiger partial charge in [0.25, 0.3) is 0 Å². The number of rotatable bonds is 4. The van der Waals surface area contributed by atoms with E-state index in [9.17, 15) is 0 Å². The molecule has 0 fully saturated rings. The van der Waals surface area contributed by atoms with Crippen molar-refractivity contribution in [2.45, 2.75) is 33.2 Å². The van der Waals surface area contributed by atoms with Crippen molar-refractivity contribution >= 4 is 11.6 Å². The highest BCUT2D eigenvalue weighted by Gasteiger charge is 2.14. The topological polar surface area (TPSA) is 38.0 Å². The second-order valence-corrected chi connectivity index (χ2v) is 5.77. The van der Waals surface area contributed by atoms with Crippen molar-refractivity contribution < 1.29 is 0 Å². The van der Waals surface area contributed by atoms with Gasteiger partial charge in [-0.05, 0) is 61.1 Å². The summed E-state index contributed by atoms with van der Waals surface area (Å²) >= 11 is 6.33. The zero-order valence-corrected chi connectivity index (χ0v) is 13.0. The normalized spacial score (nSPS) is 12.4. The first-order valence-corrected chi connectivity index (χ1v) is 7.17. The van der Waals surface area contributed by atoms with E-state index in [1.54, 1.807) is 0 Å². The molecule has 0 spiro atoms. The van der Waals surface area contributed by atoms with Crippen LogP contribution in [0.5, 0.6) is 0 Å². The second kappa shape index (κ2) is 6.40. The molecule has 0 saturated carbocycles. The number of nitrogens with one attached hydrogen (secondary N) is 1. The van der Waals surface area contributed by atoms with E-state index in [1.807, 2.05) is 19.1 Å². The molecule has 0 saturated heterocycles. The first-order valence-electron chi connectivity index (χ1n) is 6.79. The molecule has 0 bridgehead atoms. The summed E-state index contributed by atoms with van der Waals surface area (Å²) in [6.07, 6.45) is 0.820. The Bertz CT molecular complexity index is 608. The summed E-state index contributed by atoms with van der Waals surface area (Å²) in [5.74, 6) is 5.72. The molecule has 2 nitrogen and oxygen atoms in total. The SMILES string of the molecule is Cc1ccc(C(Cc2ccc(C)c(C)c2)NN)c(Cl)c1. The number of hydrazine groups is 1. The number of halogens is 1. The van der Waals surface area contributed by atoms with Gasteiger partial charge in [0, 0.05) is 5.02 Å². The minimum atomic E-state index is 0.0187. The van der Waals surface area contributed by atoms with Gasteiger partial charge in [-0.2, -0.15) is 0 Å². The Hall–Kier alpha value is -1.35. The standard InChI is InChI=1S/C17H21ClN2/c1-11-4-7-15(16(18)8-11)17(20-19)10-14-6-5-12(2)13(3)9-14/h4-9,17,20H,10,19H2,1-3H3. The first kappa shape index (κ1) is 15.0. The van der Waals surface area contributed by atoms with E-state index in [1.165, 1.54) is 16.7 Å². The summed E-state index contributed by atoms with van der Waals surface area (Å²) in [6, 6.07) is 12.6. The maximum absolute atomic E-state index is 6.33. The molecule has 2 aromatic carbocycles. The first-order chi connectivity index (χ1) is 9.51. The zero-order valence-electron chi connectivity index (χ0n) is 12.2. The average Bonchev–Trinajstić information content (AvgIpc) is 2.41. The largest absolute Gasteiger partial charge is 0.271 e. The lowest BCUT2D eigenvalue weighted by Crippen LogP contribution is -2.29. The molecule has 0 radical (unpaired) electrons. The van der Waals surface area contributed by atoms with Crippen molar-refractivity contribution in [2.75, 3.05) is 0 Å². The van der Waals surface area contributed by atoms with Gasteiger partial charge in [-0.3, -0.25) is 11.3 Å². The van der Waals surface area contributed by atoms with E-state index in [0.717, 1.165) is 22.6 Å². The number of nitrogens with two attached hydrogens (primary N) is 1. The molecule has 106 valence electrons. The van der Waals surface area contributed by atoms with Gasteiger partial charge in [0.2, 0.25) is 0 Å². The minimum Gasteiger partial charge on any atom is -0.271 e. The molecule has 0 aromatic heterocycles. The van der Waals surface area contributed by atoms with Crippen molar-refractivity contribution in [1.29, 1.82) is 0 Å². The maximum Gasteiger partial charge on any atom is 0.0515 e. The van der Waals surface area contributed by atoms with Crippen LogP contribution < -0.4 is 11.3 Å². The van der Waals surface area contributed by atoms with Gasteiger partial charge in [-0.15, -0.1) is 0 Å². The van der Waals surface area contributed by atoms with E-state index >= 15 is 0 Å². The molecule has 0 amide bonds. The Balaban J connectivity index is 2.26. The second-order valence-electron chi connectivity index (χ2n) is 5.37. The van der Waals surface area contributed by atoms with Gasteiger partial charge in [0.15, 0.2) is 0 Å². The Morgan fingerprint density at radius 3 is 2.40 bits per heavy atom. The summed E-state index contributed by atoms with van der Waals surface area (Å²) in [6.45, 7) is 6.28. The van der Waals surface area contributed by atoms with Gasteiger partial charge < -0.3 is 0 Å². The number of hydrogen-bond donors (Lipinski definition) is 2. The quantitative estimate of drug-likeness (QED) is 0.659. The van der Waals surface area contributed by atoms with E-state index in [-0.39, 0.29) is 6.04 Å². The van der Waals surface area contributed by atoms with Gasteiger partial charge in [0.1, 0.15) is 0 Å². The monoisotopic (exact) mass is 288 g/mol. The highest BCUT2D eigenvalue weighted by atomic mass is 35.5. The lowest BCUT2D eigenvalue weighted by Gasteiger charge is -2.19. The number of benzene rings is 2. The fourth-order valence-corrected chi connectivity index (χ4v) is 2.71. The number of aryl methyl sites for hydroxylation is 3. The Morgan fingerprint density at radius 2 is 1.80 bits per heavy atom. The third kappa shape index (κ3) is 3.40.